The molecular weight excluding hydrogens is 800 g/mol. The van der Waals surface area contributed by atoms with E-state index in [9.17, 15) is 33.6 Å². The van der Waals surface area contributed by atoms with Crippen LogP contribution in [0.15, 0.2) is 59.0 Å². The fraction of sp³-hybridized carbons (Fsp3) is 0.452. The average molecular weight is 857 g/mol. The Bertz CT molecular complexity index is 1850. The first-order valence-corrected chi connectivity index (χ1v) is 19.7. The van der Waals surface area contributed by atoms with Crippen molar-refractivity contribution in [3.8, 4) is 22.8 Å². The zero-order chi connectivity index (χ0) is 45.2. The van der Waals surface area contributed by atoms with Gasteiger partial charge in [0.25, 0.3) is 5.91 Å². The number of benzene rings is 2. The van der Waals surface area contributed by atoms with Crippen molar-refractivity contribution >= 4 is 42.4 Å². The van der Waals surface area contributed by atoms with Crippen molar-refractivity contribution in [1.29, 1.82) is 0 Å². The van der Waals surface area contributed by atoms with Crippen LogP contribution in [-0.2, 0) is 28.8 Å². The summed E-state index contributed by atoms with van der Waals surface area (Å²) in [5.74, 6) is -3.52. The summed E-state index contributed by atoms with van der Waals surface area (Å²) in [6.07, 6.45) is 3.86. The average Bonchev–Trinajstić information content (AvgIpc) is 3.76. The van der Waals surface area contributed by atoms with Crippen LogP contribution in [0.4, 0.5) is 0 Å². The fourth-order valence-corrected chi connectivity index (χ4v) is 5.74. The van der Waals surface area contributed by atoms with Gasteiger partial charge in [0.2, 0.25) is 12.3 Å². The van der Waals surface area contributed by atoms with Crippen LogP contribution in [0.3, 0.4) is 0 Å². The number of carbonyl (C=O) groups is 7. The summed E-state index contributed by atoms with van der Waals surface area (Å²) in [5, 5.41) is 33.8. The van der Waals surface area contributed by atoms with E-state index in [1.165, 1.54) is 25.2 Å². The van der Waals surface area contributed by atoms with Crippen molar-refractivity contribution in [2.45, 2.75) is 71.4 Å². The molecule has 3 unspecified atom stereocenters. The lowest BCUT2D eigenvalue weighted by molar-refractivity contribution is -0.171. The first-order chi connectivity index (χ1) is 29.4. The largest absolute Gasteiger partial charge is 0.493 e. The van der Waals surface area contributed by atoms with E-state index in [1.54, 1.807) is 50.2 Å². The minimum Gasteiger partial charge on any atom is -0.493 e. The van der Waals surface area contributed by atoms with E-state index in [0.29, 0.717) is 67.0 Å². The Balaban J connectivity index is 0.00000113. The highest BCUT2D eigenvalue weighted by atomic mass is 16.7. The maximum atomic E-state index is 13.5. The van der Waals surface area contributed by atoms with Gasteiger partial charge in [0.05, 0.1) is 62.6 Å². The lowest BCUT2D eigenvalue weighted by Crippen LogP contribution is -2.49. The molecule has 1 heterocycles. The summed E-state index contributed by atoms with van der Waals surface area (Å²) in [6.45, 7) is 6.44. The molecule has 3 rings (SSSR count). The van der Waals surface area contributed by atoms with Crippen molar-refractivity contribution in [3.63, 3.8) is 0 Å². The van der Waals surface area contributed by atoms with Gasteiger partial charge >= 0.3 is 17.9 Å². The maximum Gasteiger partial charge on any atom is 0.363 e. The summed E-state index contributed by atoms with van der Waals surface area (Å²) >= 11 is 0. The van der Waals surface area contributed by atoms with Crippen LogP contribution in [-0.4, -0.2) is 122 Å². The molecule has 0 aliphatic heterocycles. The van der Waals surface area contributed by atoms with Crippen molar-refractivity contribution in [2.24, 2.45) is 5.92 Å². The molecule has 0 aliphatic rings. The van der Waals surface area contributed by atoms with E-state index in [2.05, 4.69) is 16.0 Å². The van der Waals surface area contributed by atoms with E-state index in [0.717, 1.165) is 17.9 Å². The Morgan fingerprint density at radius 1 is 0.885 bits per heavy atom. The first kappa shape index (κ1) is 50.8. The standard InChI is InChI=1S/C37H47N3O11.C5H9NO4/c1-4-7-8-9-30(31(5-2)40(25-43)51-37(46)26-12-14-29(15-13-26)49-21-20-47-19-18-41)35(44)38-24-39-36(45)33-17-16-32(50-33)27-10-11-28(23-42)34(22-27)48-6-3;1-6-3(5(9)10)2-4(7)8/h10-17,22-23,25,30-31,41H,4-9,18-21,24H2,1-3H3,(H,38,44)(H,39,45);3,6H,2H2,1H3,(H,7,8)(H,9,10). The molecule has 6 N–H and O–H groups in total. The molecule has 61 heavy (non-hydrogen) atoms. The van der Waals surface area contributed by atoms with Gasteiger partial charge in [-0.25, -0.2) is 4.79 Å². The van der Waals surface area contributed by atoms with E-state index < -0.39 is 54.1 Å². The van der Waals surface area contributed by atoms with Gasteiger partial charge in [-0.2, -0.15) is 5.06 Å². The van der Waals surface area contributed by atoms with Crippen molar-refractivity contribution in [2.75, 3.05) is 46.8 Å². The second kappa shape index (κ2) is 28.2. The summed E-state index contributed by atoms with van der Waals surface area (Å²) < 4.78 is 22.0. The van der Waals surface area contributed by atoms with Gasteiger partial charge < -0.3 is 54.7 Å². The molecule has 3 amide bonds. The molecular formula is C42H56N4O15. The Hall–Kier alpha value is -6.31. The highest BCUT2D eigenvalue weighted by molar-refractivity contribution is 5.92. The number of aliphatic hydroxyl groups excluding tert-OH is 1. The minimum atomic E-state index is -1.15. The predicted octanol–water partition coefficient (Wildman–Crippen LogP) is 3.69. The van der Waals surface area contributed by atoms with E-state index >= 15 is 0 Å². The van der Waals surface area contributed by atoms with Gasteiger partial charge in [0.1, 0.15) is 29.9 Å². The molecule has 0 saturated carbocycles. The molecule has 0 radical (unpaired) electrons. The number of aldehydes is 1. The highest BCUT2D eigenvalue weighted by Gasteiger charge is 2.33. The van der Waals surface area contributed by atoms with Crippen LogP contribution in [0, 0.1) is 5.92 Å². The number of hydrogen-bond acceptors (Lipinski definition) is 14. The van der Waals surface area contributed by atoms with Gasteiger partial charge in [-0.3, -0.25) is 28.8 Å². The number of unbranched alkanes of at least 4 members (excludes halogenated alkanes) is 2. The number of carbonyl (C=O) groups excluding carboxylic acids is 5. The smallest absolute Gasteiger partial charge is 0.363 e. The Morgan fingerprint density at radius 2 is 1.62 bits per heavy atom. The van der Waals surface area contributed by atoms with Crippen molar-refractivity contribution in [3.05, 3.63) is 71.5 Å². The highest BCUT2D eigenvalue weighted by Crippen LogP contribution is 2.28. The number of aliphatic hydroxyl groups is 1. The Kier molecular flexibility index (Phi) is 23.5. The van der Waals surface area contributed by atoms with Crippen molar-refractivity contribution in [1.82, 2.24) is 21.0 Å². The maximum absolute atomic E-state index is 13.5. The monoisotopic (exact) mass is 856 g/mol. The number of furan rings is 1. The van der Waals surface area contributed by atoms with Crippen LogP contribution < -0.4 is 25.4 Å². The molecule has 19 nitrogen and oxygen atoms in total. The van der Waals surface area contributed by atoms with E-state index in [4.69, 9.17) is 38.8 Å². The number of aliphatic carboxylic acids is 2. The van der Waals surface area contributed by atoms with Gasteiger partial charge in [-0.1, -0.05) is 39.2 Å². The number of hydroxylamine groups is 2. The number of carboxylic acid groups (broad SMARTS) is 2. The molecule has 0 aliphatic carbocycles. The number of nitrogens with one attached hydrogen (secondary N) is 3. The molecule has 2 aromatic carbocycles. The molecule has 0 saturated heterocycles. The Labute approximate surface area is 353 Å². The second-order valence-corrected chi connectivity index (χ2v) is 13.1. The number of ether oxygens (including phenoxy) is 3. The third kappa shape index (κ3) is 17.4. The number of likely N-dealkylation sites (N-methyl/N-ethyl adjacent to an activating group) is 1. The lowest BCUT2D eigenvalue weighted by atomic mass is 9.90. The van der Waals surface area contributed by atoms with Crippen LogP contribution in [0.2, 0.25) is 0 Å². The van der Waals surface area contributed by atoms with Crippen molar-refractivity contribution < 1.29 is 72.3 Å². The first-order valence-electron chi connectivity index (χ1n) is 19.7. The molecule has 0 fully saturated rings. The fourth-order valence-electron chi connectivity index (χ4n) is 5.74. The zero-order valence-corrected chi connectivity index (χ0v) is 34.8. The Morgan fingerprint density at radius 3 is 2.20 bits per heavy atom. The molecule has 0 bridgehead atoms. The molecule has 0 spiro atoms. The molecule has 1 aromatic heterocycles. The third-order valence-corrected chi connectivity index (χ3v) is 8.87. The minimum absolute atomic E-state index is 0.00769. The summed E-state index contributed by atoms with van der Waals surface area (Å²) in [7, 11) is 1.40. The number of hydrogen-bond donors (Lipinski definition) is 6. The lowest BCUT2D eigenvalue weighted by Gasteiger charge is -2.31. The SMILES string of the molecule is CCCCCC(C(=O)NCNC(=O)c1ccc(-c2ccc(C=O)c(OCC)c2)o1)C(CC)N(C=O)OC(=O)c1ccc(OCCOCCO)cc1.CNC(CC(=O)O)C(=O)O. The third-order valence-electron chi connectivity index (χ3n) is 8.87. The van der Waals surface area contributed by atoms with Crippen LogP contribution in [0.25, 0.3) is 11.3 Å². The molecule has 3 atom stereocenters. The quantitative estimate of drug-likeness (QED) is 0.0263. The number of nitrogens with zero attached hydrogens (tertiary/aromatic N) is 1. The summed E-state index contributed by atoms with van der Waals surface area (Å²) in [6, 6.07) is 12.4. The molecule has 334 valence electrons. The number of amides is 3. The summed E-state index contributed by atoms with van der Waals surface area (Å²) in [5.41, 5.74) is 1.17. The zero-order valence-electron chi connectivity index (χ0n) is 34.8. The second-order valence-electron chi connectivity index (χ2n) is 13.1. The van der Waals surface area contributed by atoms with E-state index in [1.807, 2.05) is 6.92 Å². The van der Waals surface area contributed by atoms with Crippen LogP contribution >= 0.6 is 0 Å². The van der Waals surface area contributed by atoms with Crippen LogP contribution in [0.1, 0.15) is 90.6 Å². The van der Waals surface area contributed by atoms with Gasteiger partial charge in [0.15, 0.2) is 12.0 Å². The number of carboxylic acids is 2. The normalized spacial score (nSPS) is 12.0. The molecule has 19 heteroatoms. The van der Waals surface area contributed by atoms with Crippen LogP contribution in [0.5, 0.6) is 11.5 Å². The van der Waals surface area contributed by atoms with Gasteiger partial charge in [-0.15, -0.1) is 0 Å². The number of rotatable bonds is 28. The predicted molar refractivity (Wildman–Crippen MR) is 219 cm³/mol. The molecule has 3 aromatic rings. The van der Waals surface area contributed by atoms with Gasteiger partial charge in [0, 0.05) is 5.56 Å². The topological polar surface area (TPSA) is 270 Å². The summed E-state index contributed by atoms with van der Waals surface area (Å²) in [4.78, 5) is 88.5. The van der Waals surface area contributed by atoms with E-state index in [-0.39, 0.29) is 44.4 Å². The van der Waals surface area contributed by atoms with Gasteiger partial charge in [-0.05, 0) is 75.3 Å².